The second-order valence-electron chi connectivity index (χ2n) is 2.87. The summed E-state index contributed by atoms with van der Waals surface area (Å²) in [6.07, 6.45) is 0. The van der Waals surface area contributed by atoms with Crippen molar-refractivity contribution in [3.63, 3.8) is 0 Å². The zero-order valence-electron chi connectivity index (χ0n) is 6.96. The molecule has 0 spiro atoms. The van der Waals surface area contributed by atoms with E-state index in [4.69, 9.17) is 5.73 Å². The summed E-state index contributed by atoms with van der Waals surface area (Å²) >= 11 is 0. The number of nitrogen functional groups attached to an aromatic ring is 1. The van der Waals surface area contributed by atoms with Gasteiger partial charge in [-0.1, -0.05) is 13.8 Å². The van der Waals surface area contributed by atoms with E-state index < -0.39 is 6.55 Å². The maximum absolute atomic E-state index is 12.2. The molecule has 2 N–H and O–H groups in total. The van der Waals surface area contributed by atoms with Crippen LogP contribution in [0.25, 0.3) is 0 Å². The smallest absolute Gasteiger partial charge is 0.333 e. The quantitative estimate of drug-likeness (QED) is 0.746. The van der Waals surface area contributed by atoms with E-state index in [0.717, 1.165) is 0 Å². The normalized spacial score (nSPS) is 11.5. The first-order chi connectivity index (χ1) is 5.52. The van der Waals surface area contributed by atoms with Crippen molar-refractivity contribution < 1.29 is 8.78 Å². The average Bonchev–Trinajstić information content (AvgIpc) is 2.31. The average molecular weight is 175 g/mol. The van der Waals surface area contributed by atoms with Gasteiger partial charge in [0.2, 0.25) is 0 Å². The Labute approximate surface area is 69.2 Å². The largest absolute Gasteiger partial charge is 0.382 e. The molecule has 0 aromatic carbocycles. The number of anilines is 1. The first-order valence-corrected chi connectivity index (χ1v) is 3.65. The number of alkyl halides is 2. The summed E-state index contributed by atoms with van der Waals surface area (Å²) in [5.74, 6) is 0.141. The third-order valence-electron chi connectivity index (χ3n) is 1.56. The fraction of sp³-hybridized carbons (Fsp3) is 0.571. The van der Waals surface area contributed by atoms with E-state index in [9.17, 15) is 8.78 Å². The summed E-state index contributed by atoms with van der Waals surface area (Å²) in [4.78, 5) is 0. The van der Waals surface area contributed by atoms with Gasteiger partial charge in [-0.3, -0.25) is 0 Å². The van der Waals surface area contributed by atoms with Gasteiger partial charge >= 0.3 is 6.55 Å². The minimum atomic E-state index is -2.61. The maximum atomic E-state index is 12.2. The Bertz CT molecular complexity index is 242. The molecule has 1 rings (SSSR count). The molecule has 0 saturated heterocycles. The van der Waals surface area contributed by atoms with Crippen LogP contribution in [0.4, 0.5) is 14.6 Å². The Morgan fingerprint density at radius 2 is 2.08 bits per heavy atom. The lowest BCUT2D eigenvalue weighted by Gasteiger charge is -2.07. The Hall–Kier alpha value is -1.13. The topological polar surface area (TPSA) is 43.8 Å². The third-order valence-corrected chi connectivity index (χ3v) is 1.56. The van der Waals surface area contributed by atoms with Crippen LogP contribution in [0.5, 0.6) is 0 Å². The molecule has 5 heteroatoms. The summed E-state index contributed by atoms with van der Waals surface area (Å²) in [6, 6.07) is 1.47. The van der Waals surface area contributed by atoms with Gasteiger partial charge in [-0.05, 0) is 5.92 Å². The molecule has 3 nitrogen and oxygen atoms in total. The summed E-state index contributed by atoms with van der Waals surface area (Å²) in [5.41, 5.74) is 5.75. The molecule has 0 fully saturated rings. The Balaban J connectivity index is 3.08. The molecule has 68 valence electrons. The van der Waals surface area contributed by atoms with Gasteiger partial charge in [-0.2, -0.15) is 13.9 Å². The van der Waals surface area contributed by atoms with E-state index >= 15 is 0 Å². The highest BCUT2D eigenvalue weighted by Crippen LogP contribution is 2.22. The second-order valence-corrected chi connectivity index (χ2v) is 2.87. The highest BCUT2D eigenvalue weighted by Gasteiger charge is 2.15. The van der Waals surface area contributed by atoms with E-state index in [2.05, 4.69) is 5.10 Å². The predicted octanol–water partition coefficient (Wildman–Crippen LogP) is 1.98. The summed E-state index contributed by atoms with van der Waals surface area (Å²) in [5, 5.41) is 3.48. The Kier molecular flexibility index (Phi) is 2.30. The number of nitrogens with zero attached hydrogens (tertiary/aromatic N) is 2. The van der Waals surface area contributed by atoms with E-state index in [0.29, 0.717) is 10.4 Å². The molecule has 0 bridgehead atoms. The summed E-state index contributed by atoms with van der Waals surface area (Å²) in [6.45, 7) is 1.02. The molecule has 0 amide bonds. The van der Waals surface area contributed by atoms with Crippen molar-refractivity contribution >= 4 is 5.82 Å². The van der Waals surface area contributed by atoms with Crippen molar-refractivity contribution in [1.82, 2.24) is 9.78 Å². The minimum Gasteiger partial charge on any atom is -0.382 e. The van der Waals surface area contributed by atoms with E-state index in [1.807, 2.05) is 13.8 Å². The van der Waals surface area contributed by atoms with Gasteiger partial charge in [0, 0.05) is 11.8 Å². The Morgan fingerprint density at radius 3 is 2.42 bits per heavy atom. The molecular weight excluding hydrogens is 164 g/mol. The van der Waals surface area contributed by atoms with Gasteiger partial charge in [0.25, 0.3) is 0 Å². The van der Waals surface area contributed by atoms with Gasteiger partial charge in [0.1, 0.15) is 5.82 Å². The molecule has 12 heavy (non-hydrogen) atoms. The number of halogens is 2. The molecule has 1 heterocycles. The lowest BCUT2D eigenvalue weighted by atomic mass is 10.1. The zero-order valence-corrected chi connectivity index (χ0v) is 6.96. The summed E-state index contributed by atoms with van der Waals surface area (Å²) in [7, 11) is 0. The lowest BCUT2D eigenvalue weighted by molar-refractivity contribution is 0.0529. The van der Waals surface area contributed by atoms with Crippen molar-refractivity contribution in [2.24, 2.45) is 0 Å². The van der Waals surface area contributed by atoms with Crippen LogP contribution in [-0.2, 0) is 0 Å². The van der Waals surface area contributed by atoms with Gasteiger partial charge < -0.3 is 5.73 Å². The van der Waals surface area contributed by atoms with Crippen molar-refractivity contribution in [2.75, 3.05) is 5.73 Å². The molecule has 0 aliphatic heterocycles. The van der Waals surface area contributed by atoms with E-state index in [-0.39, 0.29) is 11.7 Å². The van der Waals surface area contributed by atoms with Crippen molar-refractivity contribution in [3.05, 3.63) is 11.8 Å². The molecule has 1 aromatic heterocycles. The zero-order chi connectivity index (χ0) is 9.30. The van der Waals surface area contributed by atoms with Crippen molar-refractivity contribution in [2.45, 2.75) is 26.3 Å². The van der Waals surface area contributed by atoms with Crippen LogP contribution < -0.4 is 5.73 Å². The lowest BCUT2D eigenvalue weighted by Crippen LogP contribution is -2.06. The van der Waals surface area contributed by atoms with Crippen LogP contribution in [0.1, 0.15) is 32.0 Å². The van der Waals surface area contributed by atoms with Crippen LogP contribution in [-0.4, -0.2) is 9.78 Å². The van der Waals surface area contributed by atoms with Crippen molar-refractivity contribution in [1.29, 1.82) is 0 Å². The van der Waals surface area contributed by atoms with Gasteiger partial charge in [0.05, 0.1) is 0 Å². The molecule has 1 aromatic rings. The summed E-state index contributed by atoms with van der Waals surface area (Å²) < 4.78 is 25.1. The van der Waals surface area contributed by atoms with Crippen LogP contribution in [0.15, 0.2) is 6.07 Å². The van der Waals surface area contributed by atoms with Crippen LogP contribution in [0, 0.1) is 0 Å². The highest BCUT2D eigenvalue weighted by atomic mass is 19.3. The van der Waals surface area contributed by atoms with Gasteiger partial charge in [-0.15, -0.1) is 0 Å². The first kappa shape index (κ1) is 8.96. The fourth-order valence-corrected chi connectivity index (χ4v) is 1.02. The third kappa shape index (κ3) is 1.54. The maximum Gasteiger partial charge on any atom is 0.333 e. The molecule has 0 aliphatic carbocycles. The highest BCUT2D eigenvalue weighted by molar-refractivity contribution is 5.30. The number of nitrogens with two attached hydrogens (primary N) is 1. The molecule has 0 unspecified atom stereocenters. The minimum absolute atomic E-state index is 0.00352. The fourth-order valence-electron chi connectivity index (χ4n) is 1.02. The van der Waals surface area contributed by atoms with Gasteiger partial charge in [0.15, 0.2) is 0 Å². The van der Waals surface area contributed by atoms with Gasteiger partial charge in [-0.25, -0.2) is 4.68 Å². The number of rotatable bonds is 2. The number of hydrogen-bond donors (Lipinski definition) is 1. The SMILES string of the molecule is CC(C)c1cc(N)nn1C(F)F. The molecule has 0 atom stereocenters. The van der Waals surface area contributed by atoms with Crippen LogP contribution in [0.2, 0.25) is 0 Å². The molecule has 0 saturated carbocycles. The van der Waals surface area contributed by atoms with Crippen LogP contribution >= 0.6 is 0 Å². The van der Waals surface area contributed by atoms with Crippen molar-refractivity contribution in [3.8, 4) is 0 Å². The molecule has 0 radical (unpaired) electrons. The molecular formula is C7H11F2N3. The van der Waals surface area contributed by atoms with E-state index in [1.165, 1.54) is 6.07 Å². The number of aromatic nitrogens is 2. The monoisotopic (exact) mass is 175 g/mol. The van der Waals surface area contributed by atoms with Crippen LogP contribution in [0.3, 0.4) is 0 Å². The second kappa shape index (κ2) is 3.08. The number of hydrogen-bond acceptors (Lipinski definition) is 2. The molecule has 0 aliphatic rings. The first-order valence-electron chi connectivity index (χ1n) is 3.65. The van der Waals surface area contributed by atoms with E-state index in [1.54, 1.807) is 0 Å². The Morgan fingerprint density at radius 1 is 1.50 bits per heavy atom. The standard InChI is InChI=1S/C7H11F2N3/c1-4(2)5-3-6(10)11-12(5)7(8)9/h3-4,7H,1-2H3,(H2,10,11). The predicted molar refractivity (Wildman–Crippen MR) is 42.0 cm³/mol.